The predicted molar refractivity (Wildman–Crippen MR) is 74.0 cm³/mol. The number of aryl methyl sites for hydroxylation is 1. The zero-order valence-electron chi connectivity index (χ0n) is 11.5. The summed E-state index contributed by atoms with van der Waals surface area (Å²) in [7, 11) is 1.33. The van der Waals surface area contributed by atoms with Gasteiger partial charge < -0.3 is 15.8 Å². The molecule has 1 amide bonds. The summed E-state index contributed by atoms with van der Waals surface area (Å²) in [6, 6.07) is 5.14. The number of carbonyl (C=O) groups is 2. The second-order valence-corrected chi connectivity index (χ2v) is 4.59. The zero-order chi connectivity index (χ0) is 14.4. The van der Waals surface area contributed by atoms with E-state index in [0.717, 1.165) is 5.56 Å². The van der Waals surface area contributed by atoms with Crippen molar-refractivity contribution in [3.8, 4) is 0 Å². The first-order valence-corrected chi connectivity index (χ1v) is 6.18. The van der Waals surface area contributed by atoms with Crippen molar-refractivity contribution in [2.45, 2.75) is 32.7 Å². The highest BCUT2D eigenvalue weighted by Gasteiger charge is 2.11. The van der Waals surface area contributed by atoms with Crippen LogP contribution < -0.4 is 11.1 Å². The Morgan fingerprint density at radius 2 is 2.11 bits per heavy atom. The third-order valence-electron chi connectivity index (χ3n) is 2.75. The highest BCUT2D eigenvalue weighted by Crippen LogP contribution is 2.16. The van der Waals surface area contributed by atoms with E-state index in [2.05, 4.69) is 10.1 Å². The van der Waals surface area contributed by atoms with Crippen molar-refractivity contribution < 1.29 is 14.3 Å². The maximum absolute atomic E-state index is 11.7. The zero-order valence-corrected chi connectivity index (χ0v) is 11.5. The molecule has 3 N–H and O–H groups in total. The molecule has 0 saturated heterocycles. The fourth-order valence-corrected chi connectivity index (χ4v) is 1.61. The van der Waals surface area contributed by atoms with E-state index in [1.165, 1.54) is 7.11 Å². The predicted octanol–water partition coefficient (Wildman–Crippen LogP) is 1.85. The lowest BCUT2D eigenvalue weighted by Gasteiger charge is -2.09. The van der Waals surface area contributed by atoms with Crippen LogP contribution in [0, 0.1) is 6.92 Å². The Hall–Kier alpha value is -1.88. The molecule has 0 aliphatic heterocycles. The molecule has 104 valence electrons. The SMILES string of the molecule is COC(=O)c1cc(NC(=O)CCC(C)N)ccc1C. The molecule has 1 atom stereocenters. The maximum Gasteiger partial charge on any atom is 0.338 e. The quantitative estimate of drug-likeness (QED) is 0.795. The highest BCUT2D eigenvalue weighted by atomic mass is 16.5. The summed E-state index contributed by atoms with van der Waals surface area (Å²) in [5.41, 5.74) is 7.44. The number of hydrogen-bond donors (Lipinski definition) is 2. The van der Waals surface area contributed by atoms with Gasteiger partial charge in [-0.15, -0.1) is 0 Å². The van der Waals surface area contributed by atoms with Crippen LogP contribution in [0.3, 0.4) is 0 Å². The summed E-state index contributed by atoms with van der Waals surface area (Å²) in [6.45, 7) is 3.67. The molecule has 0 fully saturated rings. The summed E-state index contributed by atoms with van der Waals surface area (Å²) >= 11 is 0. The number of amides is 1. The fraction of sp³-hybridized carbons (Fsp3) is 0.429. The molecule has 0 heterocycles. The molecule has 0 spiro atoms. The van der Waals surface area contributed by atoms with E-state index in [1.807, 2.05) is 13.8 Å². The van der Waals surface area contributed by atoms with Gasteiger partial charge in [0.1, 0.15) is 0 Å². The Labute approximate surface area is 113 Å². The first-order chi connectivity index (χ1) is 8.93. The second kappa shape index (κ2) is 6.89. The molecule has 1 unspecified atom stereocenters. The van der Waals surface area contributed by atoms with Gasteiger partial charge in [-0.1, -0.05) is 6.07 Å². The van der Waals surface area contributed by atoms with Crippen molar-refractivity contribution in [1.29, 1.82) is 0 Å². The van der Waals surface area contributed by atoms with Crippen LogP contribution in [0.15, 0.2) is 18.2 Å². The average molecular weight is 264 g/mol. The lowest BCUT2D eigenvalue weighted by molar-refractivity contribution is -0.116. The monoisotopic (exact) mass is 264 g/mol. The highest BCUT2D eigenvalue weighted by molar-refractivity contribution is 5.95. The molecule has 1 aromatic carbocycles. The van der Waals surface area contributed by atoms with E-state index in [0.29, 0.717) is 24.1 Å². The van der Waals surface area contributed by atoms with Crippen LogP contribution in [0.4, 0.5) is 5.69 Å². The van der Waals surface area contributed by atoms with E-state index in [9.17, 15) is 9.59 Å². The standard InChI is InChI=1S/C14H20N2O3/c1-9-4-6-11(8-12(9)14(18)19-3)16-13(17)7-5-10(2)15/h4,6,8,10H,5,7,15H2,1-3H3,(H,16,17). The number of rotatable bonds is 5. The maximum atomic E-state index is 11.7. The summed E-state index contributed by atoms with van der Waals surface area (Å²) in [5.74, 6) is -0.527. The molecular weight excluding hydrogens is 244 g/mol. The van der Waals surface area contributed by atoms with Crippen molar-refractivity contribution in [2.24, 2.45) is 5.73 Å². The molecule has 5 nitrogen and oxygen atoms in total. The number of methoxy groups -OCH3 is 1. The average Bonchev–Trinajstić information content (AvgIpc) is 2.37. The molecule has 0 radical (unpaired) electrons. The Bertz CT molecular complexity index is 470. The van der Waals surface area contributed by atoms with Crippen molar-refractivity contribution in [2.75, 3.05) is 12.4 Å². The van der Waals surface area contributed by atoms with E-state index in [1.54, 1.807) is 18.2 Å². The van der Waals surface area contributed by atoms with Gasteiger partial charge in [0.05, 0.1) is 12.7 Å². The van der Waals surface area contributed by atoms with Gasteiger partial charge in [0.15, 0.2) is 0 Å². The van der Waals surface area contributed by atoms with Crippen LogP contribution in [0.25, 0.3) is 0 Å². The summed E-state index contributed by atoms with van der Waals surface area (Å²) < 4.78 is 4.69. The molecule has 5 heteroatoms. The van der Waals surface area contributed by atoms with Crippen molar-refractivity contribution in [3.05, 3.63) is 29.3 Å². The molecule has 0 bridgehead atoms. The molecule has 0 aliphatic rings. The fourth-order valence-electron chi connectivity index (χ4n) is 1.61. The Balaban J connectivity index is 2.74. The number of benzene rings is 1. The molecule has 0 saturated carbocycles. The van der Waals surface area contributed by atoms with Gasteiger partial charge in [-0.05, 0) is 38.0 Å². The van der Waals surface area contributed by atoms with Gasteiger partial charge in [-0.2, -0.15) is 0 Å². The summed E-state index contributed by atoms with van der Waals surface area (Å²) in [6.07, 6.45) is 0.987. The van der Waals surface area contributed by atoms with Gasteiger partial charge in [-0.25, -0.2) is 4.79 Å². The number of ether oxygens (including phenoxy) is 1. The second-order valence-electron chi connectivity index (χ2n) is 4.59. The van der Waals surface area contributed by atoms with E-state index in [4.69, 9.17) is 5.73 Å². The third kappa shape index (κ3) is 4.71. The minimum Gasteiger partial charge on any atom is -0.465 e. The number of nitrogens with two attached hydrogens (primary N) is 1. The first-order valence-electron chi connectivity index (χ1n) is 6.18. The van der Waals surface area contributed by atoms with Crippen LogP contribution in [0.5, 0.6) is 0 Å². The summed E-state index contributed by atoms with van der Waals surface area (Å²) in [4.78, 5) is 23.2. The van der Waals surface area contributed by atoms with E-state index >= 15 is 0 Å². The van der Waals surface area contributed by atoms with Gasteiger partial charge in [-0.3, -0.25) is 4.79 Å². The number of carbonyl (C=O) groups excluding carboxylic acids is 2. The van der Waals surface area contributed by atoms with Gasteiger partial charge in [0.25, 0.3) is 0 Å². The molecule has 0 aliphatic carbocycles. The van der Waals surface area contributed by atoms with Crippen LogP contribution in [0.2, 0.25) is 0 Å². The first kappa shape index (κ1) is 15.2. The lowest BCUT2D eigenvalue weighted by Crippen LogP contribution is -2.19. The van der Waals surface area contributed by atoms with Gasteiger partial charge >= 0.3 is 5.97 Å². The van der Waals surface area contributed by atoms with Crippen LogP contribution in [0.1, 0.15) is 35.7 Å². The Morgan fingerprint density at radius 3 is 2.68 bits per heavy atom. The number of anilines is 1. The van der Waals surface area contributed by atoms with Gasteiger partial charge in [0.2, 0.25) is 5.91 Å². The van der Waals surface area contributed by atoms with Crippen molar-refractivity contribution in [3.63, 3.8) is 0 Å². The Kier molecular flexibility index (Phi) is 5.51. The number of nitrogens with one attached hydrogen (secondary N) is 1. The smallest absolute Gasteiger partial charge is 0.338 e. The normalized spacial score (nSPS) is 11.8. The number of hydrogen-bond acceptors (Lipinski definition) is 4. The van der Waals surface area contributed by atoms with E-state index < -0.39 is 5.97 Å². The molecule has 19 heavy (non-hydrogen) atoms. The minimum atomic E-state index is -0.413. The molecule has 1 rings (SSSR count). The third-order valence-corrected chi connectivity index (χ3v) is 2.75. The van der Waals surface area contributed by atoms with Crippen LogP contribution in [-0.4, -0.2) is 25.0 Å². The minimum absolute atomic E-state index is 0.00519. The number of esters is 1. The molecule has 1 aromatic rings. The van der Waals surface area contributed by atoms with Crippen LogP contribution >= 0.6 is 0 Å². The Morgan fingerprint density at radius 1 is 1.42 bits per heavy atom. The molecule has 0 aromatic heterocycles. The largest absolute Gasteiger partial charge is 0.465 e. The van der Waals surface area contributed by atoms with E-state index in [-0.39, 0.29) is 11.9 Å². The summed E-state index contributed by atoms with van der Waals surface area (Å²) in [5, 5.41) is 2.74. The molecular formula is C14H20N2O3. The topological polar surface area (TPSA) is 81.4 Å². The van der Waals surface area contributed by atoms with Crippen molar-refractivity contribution >= 4 is 17.6 Å². The lowest BCUT2D eigenvalue weighted by atomic mass is 10.1. The van der Waals surface area contributed by atoms with Crippen LogP contribution in [-0.2, 0) is 9.53 Å². The van der Waals surface area contributed by atoms with Crippen molar-refractivity contribution in [1.82, 2.24) is 0 Å². The van der Waals surface area contributed by atoms with Gasteiger partial charge in [0, 0.05) is 18.2 Å².